The van der Waals surface area contributed by atoms with E-state index in [1.165, 1.54) is 28.3 Å². The molecule has 2 fully saturated rings. The second kappa shape index (κ2) is 8.48. The molecule has 7 heteroatoms. The van der Waals surface area contributed by atoms with Crippen molar-refractivity contribution in [2.45, 2.75) is 52.2 Å². The van der Waals surface area contributed by atoms with Gasteiger partial charge in [0.15, 0.2) is 0 Å². The van der Waals surface area contributed by atoms with E-state index in [-0.39, 0.29) is 29.9 Å². The van der Waals surface area contributed by atoms with E-state index in [1.54, 1.807) is 0 Å². The zero-order chi connectivity index (χ0) is 22.5. The van der Waals surface area contributed by atoms with E-state index in [9.17, 15) is 9.59 Å². The average molecular weight is 548 g/mol. The number of carbonyl (C=O) groups is 2. The van der Waals surface area contributed by atoms with Gasteiger partial charge in [0.1, 0.15) is 19.0 Å². The van der Waals surface area contributed by atoms with E-state index in [0.29, 0.717) is 6.61 Å². The summed E-state index contributed by atoms with van der Waals surface area (Å²) in [5.41, 5.74) is 5.72. The molecule has 0 aromatic heterocycles. The molecule has 0 saturated carbocycles. The molecule has 0 N–H and O–H groups in total. The highest BCUT2D eigenvalue weighted by atomic mass is 127. The lowest BCUT2D eigenvalue weighted by atomic mass is 9.76. The maximum atomic E-state index is 13.4. The molecule has 32 heavy (non-hydrogen) atoms. The van der Waals surface area contributed by atoms with Crippen LogP contribution in [0.25, 0.3) is 5.76 Å². The molecule has 1 aromatic carbocycles. The molecule has 170 valence electrons. The summed E-state index contributed by atoms with van der Waals surface area (Å²) in [5.74, 6) is 0.818. The highest BCUT2D eigenvalue weighted by Gasteiger charge is 2.52. The van der Waals surface area contributed by atoms with Crippen molar-refractivity contribution < 1.29 is 19.1 Å². The molecule has 0 unspecified atom stereocenters. The van der Waals surface area contributed by atoms with Crippen LogP contribution in [-0.4, -0.2) is 54.0 Å². The number of benzene rings is 1. The van der Waals surface area contributed by atoms with Crippen LogP contribution in [0.3, 0.4) is 0 Å². The van der Waals surface area contributed by atoms with Crippen LogP contribution in [0.4, 0.5) is 0 Å². The highest BCUT2D eigenvalue weighted by Crippen LogP contribution is 2.46. The van der Waals surface area contributed by atoms with Gasteiger partial charge in [-0.2, -0.15) is 0 Å². The fraction of sp³-hybridized carbons (Fsp3) is 0.520. The van der Waals surface area contributed by atoms with E-state index in [0.717, 1.165) is 56.8 Å². The minimum Gasteiger partial charge on any atom is -0.488 e. The van der Waals surface area contributed by atoms with Crippen LogP contribution in [0.1, 0.15) is 48.4 Å². The van der Waals surface area contributed by atoms with Crippen LogP contribution in [0.5, 0.6) is 0 Å². The Balaban J connectivity index is 1.20. The first kappa shape index (κ1) is 21.9. The lowest BCUT2D eigenvalue weighted by Crippen LogP contribution is -2.45. The van der Waals surface area contributed by atoms with Crippen molar-refractivity contribution in [1.29, 1.82) is 0 Å². The maximum Gasteiger partial charge on any atom is 0.333 e. The first-order valence-electron chi connectivity index (χ1n) is 11.4. The zero-order valence-electron chi connectivity index (χ0n) is 18.7. The summed E-state index contributed by atoms with van der Waals surface area (Å²) in [6.45, 7) is 8.06. The van der Waals surface area contributed by atoms with Gasteiger partial charge >= 0.3 is 5.97 Å². The van der Waals surface area contributed by atoms with Gasteiger partial charge in [-0.25, -0.2) is 4.79 Å². The summed E-state index contributed by atoms with van der Waals surface area (Å²) in [6.07, 6.45) is 5.12. The Hall–Kier alpha value is -1.87. The molecule has 1 aromatic rings. The number of cyclic esters (lactones) is 1. The Bertz CT molecular complexity index is 1020. The number of rotatable bonds is 4. The van der Waals surface area contributed by atoms with Gasteiger partial charge in [-0.05, 0) is 86.3 Å². The lowest BCUT2D eigenvalue weighted by molar-refractivity contribution is -0.138. The van der Waals surface area contributed by atoms with Crippen LogP contribution in [0.15, 0.2) is 28.0 Å². The molecule has 5 rings (SSSR count). The first-order chi connectivity index (χ1) is 15.4. The van der Waals surface area contributed by atoms with E-state index >= 15 is 0 Å². The molecule has 1 atom stereocenters. The van der Waals surface area contributed by atoms with Gasteiger partial charge in [0.25, 0.3) is 0 Å². The van der Waals surface area contributed by atoms with Gasteiger partial charge in [0, 0.05) is 33.9 Å². The Morgan fingerprint density at radius 1 is 1.19 bits per heavy atom. The number of hydrogen-bond donors (Lipinski definition) is 0. The van der Waals surface area contributed by atoms with E-state index in [2.05, 4.69) is 53.5 Å². The zero-order valence-corrected chi connectivity index (χ0v) is 20.8. The monoisotopic (exact) mass is 548 g/mol. The highest BCUT2D eigenvalue weighted by molar-refractivity contribution is 14.1. The number of hydrogen-bond acceptors (Lipinski definition) is 5. The quantitative estimate of drug-likeness (QED) is 0.422. The molecular weight excluding hydrogens is 519 g/mol. The number of ether oxygens (including phenoxy) is 2. The minimum absolute atomic E-state index is 0.118. The second-order valence-electron chi connectivity index (χ2n) is 9.48. The van der Waals surface area contributed by atoms with Crippen LogP contribution in [-0.2, 0) is 32.1 Å². The third-order valence-corrected chi connectivity index (χ3v) is 8.28. The van der Waals surface area contributed by atoms with Crippen molar-refractivity contribution in [3.8, 4) is 0 Å². The molecule has 6 nitrogen and oxygen atoms in total. The van der Waals surface area contributed by atoms with Gasteiger partial charge in [-0.3, -0.25) is 4.79 Å². The number of carbonyl (C=O) groups excluding carboxylic acids is 2. The molecule has 0 bridgehead atoms. The molecule has 1 spiro atoms. The fourth-order valence-corrected chi connectivity index (χ4v) is 6.34. The summed E-state index contributed by atoms with van der Waals surface area (Å²) in [6, 6.07) is 4.56. The van der Waals surface area contributed by atoms with Crippen molar-refractivity contribution in [2.75, 3.05) is 26.2 Å². The van der Waals surface area contributed by atoms with Crippen molar-refractivity contribution in [1.82, 2.24) is 9.80 Å². The summed E-state index contributed by atoms with van der Waals surface area (Å²) in [4.78, 5) is 29.2. The molecule has 4 heterocycles. The number of likely N-dealkylation sites (tertiary alicyclic amines) is 2. The summed E-state index contributed by atoms with van der Waals surface area (Å²) >= 11 is 2.24. The number of nitrogens with zero attached hydrogens (tertiary/aromatic N) is 2. The largest absolute Gasteiger partial charge is 0.488 e. The predicted octanol–water partition coefficient (Wildman–Crippen LogP) is 3.94. The topological polar surface area (TPSA) is 59.1 Å². The van der Waals surface area contributed by atoms with E-state index < -0.39 is 0 Å². The van der Waals surface area contributed by atoms with Crippen molar-refractivity contribution >= 4 is 40.2 Å². The third-order valence-electron chi connectivity index (χ3n) is 7.71. The number of amides is 1. The van der Waals surface area contributed by atoms with Gasteiger partial charge in [-0.1, -0.05) is 12.1 Å². The summed E-state index contributed by atoms with van der Waals surface area (Å²) < 4.78 is 12.9. The normalized spacial score (nSPS) is 26.0. The van der Waals surface area contributed by atoms with Crippen LogP contribution >= 0.6 is 22.6 Å². The van der Waals surface area contributed by atoms with Crippen LogP contribution in [0.2, 0.25) is 0 Å². The smallest absolute Gasteiger partial charge is 0.333 e. The Morgan fingerprint density at radius 2 is 1.97 bits per heavy atom. The Morgan fingerprint density at radius 3 is 2.66 bits per heavy atom. The molecule has 4 aliphatic rings. The van der Waals surface area contributed by atoms with Gasteiger partial charge < -0.3 is 19.3 Å². The number of halogens is 1. The molecule has 1 amide bonds. The first-order valence-corrected chi connectivity index (χ1v) is 12.6. The van der Waals surface area contributed by atoms with E-state index in [1.807, 2.05) is 8.98 Å². The third kappa shape index (κ3) is 3.67. The van der Waals surface area contributed by atoms with Gasteiger partial charge in [0.05, 0.1) is 11.1 Å². The fourth-order valence-electron chi connectivity index (χ4n) is 5.83. The molecule has 2 saturated heterocycles. The Kier molecular flexibility index (Phi) is 5.82. The average Bonchev–Trinajstić information content (AvgIpc) is 3.46. The molecule has 4 aliphatic heterocycles. The van der Waals surface area contributed by atoms with E-state index in [4.69, 9.17) is 9.47 Å². The maximum absolute atomic E-state index is 13.4. The molecule has 0 radical (unpaired) electrons. The van der Waals surface area contributed by atoms with Crippen molar-refractivity contribution in [3.05, 3.63) is 50.2 Å². The van der Waals surface area contributed by atoms with Crippen LogP contribution in [0, 0.1) is 12.3 Å². The lowest BCUT2D eigenvalue weighted by Gasteiger charge is -2.38. The SMILES string of the molecule is Cc1c(CCN2CCC3(CC2)C[C@H](C)N(C2=CC(=O)OC2)C3=O)ccc2c1CO/C2=C/I. The number of piperidine rings is 1. The standard InChI is InChI=1S/C25H29IN2O4/c1-16-12-25(24(30)28(16)19-11-23(29)32-14-19)6-9-27(10-7-25)8-5-18-3-4-20-21(17(18)2)15-31-22(20)13-26/h3-4,11,13,16H,5-10,12,14-15H2,1-2H3/b22-13+/t16-/m0/s1. The Labute approximate surface area is 202 Å². The number of fused-ring (bicyclic) bond motifs is 1. The van der Waals surface area contributed by atoms with Crippen molar-refractivity contribution in [3.63, 3.8) is 0 Å². The summed E-state index contributed by atoms with van der Waals surface area (Å²) in [5, 5.41) is 0. The minimum atomic E-state index is -0.342. The van der Waals surface area contributed by atoms with Gasteiger partial charge in [-0.15, -0.1) is 0 Å². The van der Waals surface area contributed by atoms with Crippen molar-refractivity contribution in [2.24, 2.45) is 5.41 Å². The predicted molar refractivity (Wildman–Crippen MR) is 130 cm³/mol. The van der Waals surface area contributed by atoms with Crippen LogP contribution < -0.4 is 0 Å². The second-order valence-corrected chi connectivity index (χ2v) is 10.1. The number of esters is 1. The molecule has 0 aliphatic carbocycles. The van der Waals surface area contributed by atoms with Gasteiger partial charge in [0.2, 0.25) is 5.91 Å². The molecular formula is C25H29IN2O4. The summed E-state index contributed by atoms with van der Waals surface area (Å²) in [7, 11) is 0.